The van der Waals surface area contributed by atoms with Gasteiger partial charge in [-0.2, -0.15) is 0 Å². The maximum absolute atomic E-state index is 13.5. The highest BCUT2D eigenvalue weighted by molar-refractivity contribution is 6.35. The zero-order chi connectivity index (χ0) is 17.6. The summed E-state index contributed by atoms with van der Waals surface area (Å²) in [5.74, 6) is -0.479. The third-order valence-electron chi connectivity index (χ3n) is 3.87. The van der Waals surface area contributed by atoms with Gasteiger partial charge in [0.2, 0.25) is 0 Å². The van der Waals surface area contributed by atoms with Crippen LogP contribution in [0.1, 0.15) is 0 Å². The van der Waals surface area contributed by atoms with Crippen molar-refractivity contribution < 1.29 is 4.39 Å². The van der Waals surface area contributed by atoms with Crippen molar-refractivity contribution in [3.63, 3.8) is 0 Å². The lowest BCUT2D eigenvalue weighted by molar-refractivity contribution is 0.628. The molecule has 124 valence electrons. The molecule has 2 aromatic carbocycles. The van der Waals surface area contributed by atoms with Crippen LogP contribution in [-0.2, 0) is 0 Å². The summed E-state index contributed by atoms with van der Waals surface area (Å²) in [6, 6.07) is 11.9. The summed E-state index contributed by atoms with van der Waals surface area (Å²) in [5, 5.41) is 1.71. The zero-order valence-corrected chi connectivity index (χ0v) is 14.8. The minimum atomic E-state index is -0.479. The van der Waals surface area contributed by atoms with Crippen LogP contribution in [0, 0.1) is 5.82 Å². The van der Waals surface area contributed by atoms with Crippen molar-refractivity contribution in [2.24, 2.45) is 0 Å². The molecule has 0 unspecified atom stereocenters. The average molecular weight is 393 g/mol. The maximum atomic E-state index is 13.5. The first-order chi connectivity index (χ1) is 12.0. The van der Waals surface area contributed by atoms with Crippen molar-refractivity contribution in [2.45, 2.75) is 0 Å². The van der Waals surface area contributed by atoms with E-state index < -0.39 is 5.82 Å². The summed E-state index contributed by atoms with van der Waals surface area (Å²) in [4.78, 5) is 8.42. The van der Waals surface area contributed by atoms with Crippen LogP contribution in [0.25, 0.3) is 27.8 Å². The molecule has 0 N–H and O–H groups in total. The van der Waals surface area contributed by atoms with Crippen LogP contribution in [0.4, 0.5) is 4.39 Å². The number of hydrogen-bond acceptors (Lipinski definition) is 2. The van der Waals surface area contributed by atoms with E-state index in [2.05, 4.69) is 9.97 Å². The van der Waals surface area contributed by atoms with Crippen LogP contribution in [0.3, 0.4) is 0 Å². The molecular weight excluding hydrogens is 384 g/mol. The molecule has 2 aromatic heterocycles. The number of fused-ring (bicyclic) bond motifs is 1. The fraction of sp³-hybridized carbons (Fsp3) is 0. The van der Waals surface area contributed by atoms with Crippen molar-refractivity contribution >= 4 is 45.8 Å². The van der Waals surface area contributed by atoms with Crippen molar-refractivity contribution in [1.29, 1.82) is 0 Å². The van der Waals surface area contributed by atoms with E-state index in [4.69, 9.17) is 34.8 Å². The lowest BCUT2D eigenvalue weighted by atomic mass is 10.1. The summed E-state index contributed by atoms with van der Waals surface area (Å²) in [7, 11) is 0. The van der Waals surface area contributed by atoms with E-state index in [1.807, 2.05) is 18.3 Å². The molecule has 0 spiro atoms. The molecule has 0 amide bonds. The van der Waals surface area contributed by atoms with Crippen LogP contribution in [0.15, 0.2) is 55.0 Å². The van der Waals surface area contributed by atoms with Crippen LogP contribution in [0.2, 0.25) is 15.2 Å². The van der Waals surface area contributed by atoms with Crippen molar-refractivity contribution in [2.75, 3.05) is 0 Å². The standard InChI is InChI=1S/C18H9Cl3FN3/c19-11-3-1-10(2-4-11)13-8-25(12-5-6-15(22)14(20)7-12)18-16(13)17(21)23-9-24-18/h1-9H. The number of halogens is 4. The molecule has 0 fully saturated rings. The van der Waals surface area contributed by atoms with Gasteiger partial charge < -0.3 is 4.57 Å². The minimum absolute atomic E-state index is 0.0348. The normalized spacial score (nSPS) is 11.2. The number of rotatable bonds is 2. The fourth-order valence-electron chi connectivity index (χ4n) is 2.70. The molecule has 0 radical (unpaired) electrons. The smallest absolute Gasteiger partial charge is 0.150 e. The summed E-state index contributed by atoms with van der Waals surface area (Å²) in [6.45, 7) is 0. The number of aromatic nitrogens is 3. The van der Waals surface area contributed by atoms with Crippen molar-refractivity contribution in [3.05, 3.63) is 76.0 Å². The third-order valence-corrected chi connectivity index (χ3v) is 4.70. The molecule has 2 heterocycles. The van der Waals surface area contributed by atoms with Gasteiger partial charge in [0.1, 0.15) is 22.9 Å². The number of benzene rings is 2. The molecule has 25 heavy (non-hydrogen) atoms. The molecule has 0 atom stereocenters. The minimum Gasteiger partial charge on any atom is -0.300 e. The summed E-state index contributed by atoms with van der Waals surface area (Å²) in [6.07, 6.45) is 3.26. The van der Waals surface area contributed by atoms with E-state index in [0.717, 1.165) is 11.1 Å². The van der Waals surface area contributed by atoms with E-state index in [9.17, 15) is 4.39 Å². The average Bonchev–Trinajstić information content (AvgIpc) is 2.99. The van der Waals surface area contributed by atoms with E-state index in [1.54, 1.807) is 22.8 Å². The van der Waals surface area contributed by atoms with Gasteiger partial charge in [0.05, 0.1) is 10.4 Å². The molecular formula is C18H9Cl3FN3. The van der Waals surface area contributed by atoms with Gasteiger partial charge in [-0.05, 0) is 35.9 Å². The number of hydrogen-bond donors (Lipinski definition) is 0. The van der Waals surface area contributed by atoms with Gasteiger partial charge in [-0.1, -0.05) is 46.9 Å². The highest BCUT2D eigenvalue weighted by Gasteiger charge is 2.17. The summed E-state index contributed by atoms with van der Waals surface area (Å²) >= 11 is 18.2. The van der Waals surface area contributed by atoms with Gasteiger partial charge in [0.25, 0.3) is 0 Å². The number of nitrogens with zero attached hydrogens (tertiary/aromatic N) is 3. The molecule has 0 bridgehead atoms. The lowest BCUT2D eigenvalue weighted by Crippen LogP contribution is -1.95. The molecule has 0 aliphatic rings. The second-order valence-electron chi connectivity index (χ2n) is 5.38. The molecule has 0 saturated carbocycles. The summed E-state index contributed by atoms with van der Waals surface area (Å²) in [5.41, 5.74) is 3.04. The second-order valence-corrected chi connectivity index (χ2v) is 6.58. The molecule has 0 aliphatic carbocycles. The molecule has 0 aliphatic heterocycles. The monoisotopic (exact) mass is 391 g/mol. The van der Waals surface area contributed by atoms with Crippen LogP contribution < -0.4 is 0 Å². The van der Waals surface area contributed by atoms with Gasteiger partial charge in [-0.3, -0.25) is 0 Å². The molecule has 4 aromatic rings. The highest BCUT2D eigenvalue weighted by atomic mass is 35.5. The van der Waals surface area contributed by atoms with Gasteiger partial charge >= 0.3 is 0 Å². The first kappa shape index (κ1) is 16.3. The third kappa shape index (κ3) is 2.86. The first-order valence-electron chi connectivity index (χ1n) is 7.27. The van der Waals surface area contributed by atoms with E-state index in [0.29, 0.717) is 26.9 Å². The Kier molecular flexibility index (Phi) is 4.12. The Labute approximate surface area is 157 Å². The topological polar surface area (TPSA) is 30.7 Å². The van der Waals surface area contributed by atoms with Gasteiger partial charge in [-0.25, -0.2) is 14.4 Å². The summed E-state index contributed by atoms with van der Waals surface area (Å²) < 4.78 is 15.3. The molecule has 3 nitrogen and oxygen atoms in total. The Hall–Kier alpha value is -2.14. The van der Waals surface area contributed by atoms with Gasteiger partial charge in [0.15, 0.2) is 0 Å². The van der Waals surface area contributed by atoms with Crippen LogP contribution >= 0.6 is 34.8 Å². The van der Waals surface area contributed by atoms with Crippen LogP contribution in [-0.4, -0.2) is 14.5 Å². The predicted octanol–water partition coefficient (Wildman–Crippen LogP) is 6.19. The Morgan fingerprint density at radius 2 is 1.68 bits per heavy atom. The second kappa shape index (κ2) is 6.30. The molecule has 4 rings (SSSR count). The predicted molar refractivity (Wildman–Crippen MR) is 99.3 cm³/mol. The highest BCUT2D eigenvalue weighted by Crippen LogP contribution is 2.35. The van der Waals surface area contributed by atoms with Gasteiger partial charge in [0, 0.05) is 22.5 Å². The largest absolute Gasteiger partial charge is 0.300 e. The Bertz CT molecular complexity index is 1090. The van der Waals surface area contributed by atoms with Gasteiger partial charge in [-0.15, -0.1) is 0 Å². The lowest BCUT2D eigenvalue weighted by Gasteiger charge is -2.05. The Morgan fingerprint density at radius 1 is 0.920 bits per heavy atom. The van der Waals surface area contributed by atoms with Crippen LogP contribution in [0.5, 0.6) is 0 Å². The molecule has 0 saturated heterocycles. The Balaban J connectivity index is 2.02. The zero-order valence-electron chi connectivity index (χ0n) is 12.5. The molecule has 7 heteroatoms. The Morgan fingerprint density at radius 3 is 2.40 bits per heavy atom. The van der Waals surface area contributed by atoms with Crippen molar-refractivity contribution in [1.82, 2.24) is 14.5 Å². The quantitative estimate of drug-likeness (QED) is 0.381. The first-order valence-corrected chi connectivity index (χ1v) is 8.41. The maximum Gasteiger partial charge on any atom is 0.150 e. The van der Waals surface area contributed by atoms with Crippen molar-refractivity contribution in [3.8, 4) is 16.8 Å². The van der Waals surface area contributed by atoms with E-state index in [1.165, 1.54) is 18.5 Å². The van der Waals surface area contributed by atoms with E-state index in [-0.39, 0.29) is 5.02 Å². The van der Waals surface area contributed by atoms with E-state index >= 15 is 0 Å². The SMILES string of the molecule is Fc1ccc(-n2cc(-c3ccc(Cl)cc3)c3c(Cl)ncnc32)cc1Cl. The fourth-order valence-corrected chi connectivity index (χ4v) is 3.24.